The van der Waals surface area contributed by atoms with Gasteiger partial charge in [0, 0.05) is 24.7 Å². The molecule has 4 heteroatoms. The summed E-state index contributed by atoms with van der Waals surface area (Å²) in [5, 5.41) is 3.28. The number of anilines is 2. The number of nitrogens with one attached hydrogen (secondary N) is 1. The van der Waals surface area contributed by atoms with Gasteiger partial charge in [-0.3, -0.25) is 0 Å². The van der Waals surface area contributed by atoms with E-state index < -0.39 is 0 Å². The predicted octanol–water partition coefficient (Wildman–Crippen LogP) is 2.98. The second-order valence-electron chi connectivity index (χ2n) is 5.08. The van der Waals surface area contributed by atoms with Crippen LogP contribution in [0.5, 0.6) is 0 Å². The van der Waals surface area contributed by atoms with Crippen LogP contribution in [0.15, 0.2) is 6.07 Å². The number of aromatic nitrogens is 2. The van der Waals surface area contributed by atoms with Crippen LogP contribution in [-0.4, -0.2) is 28.6 Å². The molecule has 1 aromatic rings. The second kappa shape index (κ2) is 5.55. The third-order valence-electron chi connectivity index (χ3n) is 3.70. The molecule has 2 rings (SSSR count). The number of nitrogens with zero attached hydrogens (tertiary/aromatic N) is 3. The van der Waals surface area contributed by atoms with E-state index in [0.29, 0.717) is 12.1 Å². The smallest absolute Gasteiger partial charge is 0.134 e. The highest BCUT2D eigenvalue weighted by atomic mass is 15.3. The summed E-state index contributed by atoms with van der Waals surface area (Å²) in [4.78, 5) is 11.5. The molecule has 2 atom stereocenters. The summed E-state index contributed by atoms with van der Waals surface area (Å²) >= 11 is 0. The summed E-state index contributed by atoms with van der Waals surface area (Å²) in [5.41, 5.74) is 0. The molecule has 0 saturated carbocycles. The number of hydrogen-bond donors (Lipinski definition) is 1. The van der Waals surface area contributed by atoms with Crippen LogP contribution in [0, 0.1) is 6.92 Å². The fourth-order valence-electron chi connectivity index (χ4n) is 2.84. The van der Waals surface area contributed by atoms with Gasteiger partial charge >= 0.3 is 0 Å². The fourth-order valence-corrected chi connectivity index (χ4v) is 2.84. The topological polar surface area (TPSA) is 41.0 Å². The normalized spacial score (nSPS) is 23.4. The van der Waals surface area contributed by atoms with Crippen molar-refractivity contribution in [3.05, 3.63) is 11.9 Å². The van der Waals surface area contributed by atoms with Gasteiger partial charge < -0.3 is 10.2 Å². The van der Waals surface area contributed by atoms with E-state index in [0.717, 1.165) is 24.0 Å². The van der Waals surface area contributed by atoms with Gasteiger partial charge in [-0.15, -0.1) is 0 Å². The summed E-state index contributed by atoms with van der Waals surface area (Å²) in [6.07, 6.45) is 3.72. The Morgan fingerprint density at radius 1 is 1.33 bits per heavy atom. The summed E-state index contributed by atoms with van der Waals surface area (Å²) in [6, 6.07) is 3.29. The minimum atomic E-state index is 0.582. The van der Waals surface area contributed by atoms with Crippen LogP contribution in [0.25, 0.3) is 0 Å². The van der Waals surface area contributed by atoms with Crippen LogP contribution in [0.2, 0.25) is 0 Å². The van der Waals surface area contributed by atoms with Gasteiger partial charge in [0.2, 0.25) is 0 Å². The Morgan fingerprint density at radius 2 is 2.11 bits per heavy atom. The molecule has 0 aliphatic carbocycles. The Balaban J connectivity index is 2.31. The lowest BCUT2D eigenvalue weighted by molar-refractivity contribution is 0.619. The molecule has 0 spiro atoms. The Kier molecular flexibility index (Phi) is 4.04. The molecule has 0 radical (unpaired) electrons. The molecule has 0 aromatic carbocycles. The van der Waals surface area contributed by atoms with Crippen molar-refractivity contribution < 1.29 is 0 Å². The van der Waals surface area contributed by atoms with Crippen molar-refractivity contribution in [3.63, 3.8) is 0 Å². The van der Waals surface area contributed by atoms with Crippen molar-refractivity contribution in [3.8, 4) is 0 Å². The molecule has 1 N–H and O–H groups in total. The van der Waals surface area contributed by atoms with Crippen LogP contribution in [-0.2, 0) is 0 Å². The third-order valence-corrected chi connectivity index (χ3v) is 3.70. The van der Waals surface area contributed by atoms with Gasteiger partial charge in [0.15, 0.2) is 0 Å². The first-order chi connectivity index (χ1) is 8.65. The van der Waals surface area contributed by atoms with Crippen LogP contribution in [0.3, 0.4) is 0 Å². The van der Waals surface area contributed by atoms with E-state index in [9.17, 15) is 0 Å². The quantitative estimate of drug-likeness (QED) is 0.889. The zero-order valence-electron chi connectivity index (χ0n) is 11.9. The Bertz CT molecular complexity index is 405. The summed E-state index contributed by atoms with van der Waals surface area (Å²) in [5.74, 6) is 2.86. The van der Waals surface area contributed by atoms with Gasteiger partial charge in [-0.1, -0.05) is 6.92 Å². The predicted molar refractivity (Wildman–Crippen MR) is 76.2 cm³/mol. The van der Waals surface area contributed by atoms with E-state index >= 15 is 0 Å². The summed E-state index contributed by atoms with van der Waals surface area (Å²) in [7, 11) is 0. The minimum absolute atomic E-state index is 0.582. The average Bonchev–Trinajstić information content (AvgIpc) is 2.70. The Morgan fingerprint density at radius 3 is 2.78 bits per heavy atom. The Labute approximate surface area is 110 Å². The maximum Gasteiger partial charge on any atom is 0.134 e. The van der Waals surface area contributed by atoms with Crippen molar-refractivity contribution in [2.24, 2.45) is 0 Å². The van der Waals surface area contributed by atoms with E-state index in [1.165, 1.54) is 19.3 Å². The summed E-state index contributed by atoms with van der Waals surface area (Å²) < 4.78 is 0. The Hall–Kier alpha value is -1.32. The van der Waals surface area contributed by atoms with Crippen LogP contribution in [0.4, 0.5) is 11.6 Å². The van der Waals surface area contributed by atoms with Gasteiger partial charge in [-0.05, 0) is 40.0 Å². The molecule has 100 valence electrons. The first-order valence-electron chi connectivity index (χ1n) is 7.03. The average molecular weight is 248 g/mol. The molecular weight excluding hydrogens is 224 g/mol. The van der Waals surface area contributed by atoms with Crippen LogP contribution < -0.4 is 10.2 Å². The number of rotatable bonds is 4. The molecule has 1 fully saturated rings. The van der Waals surface area contributed by atoms with Crippen LogP contribution in [0.1, 0.15) is 45.9 Å². The molecule has 0 bridgehead atoms. The molecule has 1 saturated heterocycles. The molecule has 0 amide bonds. The first kappa shape index (κ1) is 13.1. The fraction of sp³-hybridized carbons (Fsp3) is 0.714. The highest BCUT2D eigenvalue weighted by Gasteiger charge is 2.30. The van der Waals surface area contributed by atoms with E-state index in [1.54, 1.807) is 0 Å². The SMILES string of the molecule is CCNc1cc(N2C(C)CCC2CC)nc(C)n1. The van der Waals surface area contributed by atoms with Gasteiger partial charge in [-0.25, -0.2) is 9.97 Å². The zero-order valence-corrected chi connectivity index (χ0v) is 11.9. The monoisotopic (exact) mass is 248 g/mol. The molecule has 1 aliphatic heterocycles. The maximum atomic E-state index is 4.62. The lowest BCUT2D eigenvalue weighted by Crippen LogP contribution is -2.35. The van der Waals surface area contributed by atoms with Crippen molar-refractivity contribution in [2.45, 2.75) is 59.0 Å². The van der Waals surface area contributed by atoms with Crippen molar-refractivity contribution in [1.82, 2.24) is 9.97 Å². The summed E-state index contributed by atoms with van der Waals surface area (Å²) in [6.45, 7) is 9.49. The minimum Gasteiger partial charge on any atom is -0.370 e. The van der Waals surface area contributed by atoms with Gasteiger partial charge in [0.05, 0.1) is 0 Å². The highest BCUT2D eigenvalue weighted by Crippen LogP contribution is 2.31. The molecule has 18 heavy (non-hydrogen) atoms. The van der Waals surface area contributed by atoms with Crippen molar-refractivity contribution in [1.29, 1.82) is 0 Å². The molecular formula is C14H24N4. The van der Waals surface area contributed by atoms with Gasteiger partial charge in [0.1, 0.15) is 17.5 Å². The molecule has 2 heterocycles. The standard InChI is InChI=1S/C14H24N4/c1-5-12-8-7-10(3)18(12)14-9-13(15-6-2)16-11(4)17-14/h9-10,12H,5-8H2,1-4H3,(H,15,16,17). The number of hydrogen-bond acceptors (Lipinski definition) is 4. The van der Waals surface area contributed by atoms with E-state index in [-0.39, 0.29) is 0 Å². The third kappa shape index (κ3) is 2.57. The van der Waals surface area contributed by atoms with E-state index in [2.05, 4.69) is 47.0 Å². The van der Waals surface area contributed by atoms with Gasteiger partial charge in [0.25, 0.3) is 0 Å². The zero-order chi connectivity index (χ0) is 13.1. The molecule has 2 unspecified atom stereocenters. The largest absolute Gasteiger partial charge is 0.370 e. The first-order valence-corrected chi connectivity index (χ1v) is 7.03. The van der Waals surface area contributed by atoms with Crippen molar-refractivity contribution in [2.75, 3.05) is 16.8 Å². The van der Waals surface area contributed by atoms with Crippen molar-refractivity contribution >= 4 is 11.6 Å². The lowest BCUT2D eigenvalue weighted by atomic mass is 10.1. The lowest BCUT2D eigenvalue weighted by Gasteiger charge is -2.29. The second-order valence-corrected chi connectivity index (χ2v) is 5.08. The molecule has 1 aromatic heterocycles. The maximum absolute atomic E-state index is 4.62. The number of aryl methyl sites for hydroxylation is 1. The highest BCUT2D eigenvalue weighted by molar-refractivity contribution is 5.51. The van der Waals surface area contributed by atoms with Crippen LogP contribution >= 0.6 is 0 Å². The molecule has 4 nitrogen and oxygen atoms in total. The van der Waals surface area contributed by atoms with E-state index in [4.69, 9.17) is 0 Å². The van der Waals surface area contributed by atoms with E-state index in [1.807, 2.05) is 6.92 Å². The molecule has 1 aliphatic rings. The van der Waals surface area contributed by atoms with Gasteiger partial charge in [-0.2, -0.15) is 0 Å².